The molecule has 1 heterocycles. The number of amides is 1. The molecule has 1 amide bonds. The largest absolute Gasteiger partial charge is 0.294 e. The summed E-state index contributed by atoms with van der Waals surface area (Å²) in [6.45, 7) is 0. The van der Waals surface area contributed by atoms with E-state index < -0.39 is 0 Å². The van der Waals surface area contributed by atoms with Crippen LogP contribution in [0.1, 0.15) is 4.88 Å². The van der Waals surface area contributed by atoms with Crippen LogP contribution in [-0.2, 0) is 11.2 Å². The van der Waals surface area contributed by atoms with Gasteiger partial charge in [-0.2, -0.15) is 0 Å². The Morgan fingerprint density at radius 3 is 2.91 bits per heavy atom. The molecule has 3 nitrogen and oxygen atoms in total. The van der Waals surface area contributed by atoms with E-state index in [0.29, 0.717) is 6.42 Å². The van der Waals surface area contributed by atoms with Gasteiger partial charge in [-0.3, -0.25) is 10.2 Å². The molecule has 11 heavy (non-hydrogen) atoms. The molecule has 0 aromatic carbocycles. The second kappa shape index (κ2) is 3.85. The van der Waals surface area contributed by atoms with Gasteiger partial charge in [-0.1, -0.05) is 0 Å². The molecule has 1 aromatic rings. The number of carbonyl (C=O) groups is 1. The number of thiophene rings is 1. The zero-order chi connectivity index (χ0) is 8.27. The van der Waals surface area contributed by atoms with Crippen molar-refractivity contribution in [1.29, 1.82) is 0 Å². The Morgan fingerprint density at radius 1 is 1.73 bits per heavy atom. The number of hydrogen-bond acceptors (Lipinski definition) is 3. The van der Waals surface area contributed by atoms with Crippen LogP contribution in [0.5, 0.6) is 0 Å². The Kier molecular flexibility index (Phi) is 3.04. The number of hydrogen-bond donors (Lipinski definition) is 2. The Hall–Kier alpha value is -0.390. The van der Waals surface area contributed by atoms with Gasteiger partial charge in [0, 0.05) is 4.88 Å². The van der Waals surface area contributed by atoms with E-state index in [1.807, 2.05) is 12.1 Å². The molecule has 0 unspecified atom stereocenters. The molecule has 0 bridgehead atoms. The van der Waals surface area contributed by atoms with Gasteiger partial charge in [0.05, 0.1) is 10.2 Å². The summed E-state index contributed by atoms with van der Waals surface area (Å²) in [7, 11) is 0. The standard InChI is InChI=1S/C6H7BrN2OS/c7-5-2-1-4(11-5)3-6(10)9-8/h1-2H,3,8H2,(H,9,10). The molecule has 0 saturated heterocycles. The summed E-state index contributed by atoms with van der Waals surface area (Å²) >= 11 is 4.83. The van der Waals surface area contributed by atoms with Crippen molar-refractivity contribution in [2.45, 2.75) is 6.42 Å². The first kappa shape index (κ1) is 8.70. The lowest BCUT2D eigenvalue weighted by Crippen LogP contribution is -2.31. The smallest absolute Gasteiger partial charge is 0.239 e. The monoisotopic (exact) mass is 234 g/mol. The maximum atomic E-state index is 10.7. The molecule has 5 heteroatoms. The summed E-state index contributed by atoms with van der Waals surface area (Å²) in [5, 5.41) is 0. The number of nitrogens with one attached hydrogen (secondary N) is 1. The average Bonchev–Trinajstić information content (AvgIpc) is 2.35. The van der Waals surface area contributed by atoms with Crippen LogP contribution in [0, 0.1) is 0 Å². The van der Waals surface area contributed by atoms with Crippen LogP contribution >= 0.6 is 27.3 Å². The summed E-state index contributed by atoms with van der Waals surface area (Å²) in [4.78, 5) is 11.7. The highest BCUT2D eigenvalue weighted by Crippen LogP contribution is 2.22. The highest BCUT2D eigenvalue weighted by molar-refractivity contribution is 9.11. The van der Waals surface area contributed by atoms with Crippen molar-refractivity contribution in [3.05, 3.63) is 20.8 Å². The van der Waals surface area contributed by atoms with E-state index in [0.717, 1.165) is 8.66 Å². The molecule has 60 valence electrons. The minimum atomic E-state index is -0.167. The Balaban J connectivity index is 2.57. The van der Waals surface area contributed by atoms with Crippen molar-refractivity contribution >= 4 is 33.2 Å². The number of hydrazine groups is 1. The summed E-state index contributed by atoms with van der Waals surface area (Å²) in [5.74, 6) is 4.75. The zero-order valence-corrected chi connectivity index (χ0v) is 8.04. The maximum Gasteiger partial charge on any atom is 0.239 e. The molecule has 0 saturated carbocycles. The number of nitrogens with two attached hydrogens (primary N) is 1. The van der Waals surface area contributed by atoms with Gasteiger partial charge in [0.2, 0.25) is 5.91 Å². The Bertz CT molecular complexity index is 261. The molecule has 0 spiro atoms. The lowest BCUT2D eigenvalue weighted by atomic mass is 10.3. The molecule has 0 aliphatic heterocycles. The van der Waals surface area contributed by atoms with Crippen LogP contribution in [0.3, 0.4) is 0 Å². The van der Waals surface area contributed by atoms with Crippen molar-refractivity contribution in [3.8, 4) is 0 Å². The van der Waals surface area contributed by atoms with E-state index in [1.165, 1.54) is 11.3 Å². The summed E-state index contributed by atoms with van der Waals surface area (Å²) in [6.07, 6.45) is 0.354. The van der Waals surface area contributed by atoms with Crippen molar-refractivity contribution in [2.75, 3.05) is 0 Å². The first-order valence-corrected chi connectivity index (χ1v) is 4.57. The van der Waals surface area contributed by atoms with Gasteiger partial charge >= 0.3 is 0 Å². The minimum Gasteiger partial charge on any atom is -0.294 e. The Labute approximate surface area is 76.7 Å². The van der Waals surface area contributed by atoms with E-state index in [1.54, 1.807) is 0 Å². The molecular weight excluding hydrogens is 228 g/mol. The zero-order valence-electron chi connectivity index (χ0n) is 5.63. The third-order valence-corrected chi connectivity index (χ3v) is 2.75. The van der Waals surface area contributed by atoms with Gasteiger partial charge < -0.3 is 0 Å². The second-order valence-electron chi connectivity index (χ2n) is 1.95. The first-order valence-electron chi connectivity index (χ1n) is 2.96. The van der Waals surface area contributed by atoms with E-state index in [2.05, 4.69) is 21.4 Å². The van der Waals surface area contributed by atoms with Crippen LogP contribution in [-0.4, -0.2) is 5.91 Å². The Morgan fingerprint density at radius 2 is 2.45 bits per heavy atom. The average molecular weight is 235 g/mol. The molecule has 1 rings (SSSR count). The predicted octanol–water partition coefficient (Wildman–Crippen LogP) is 1.04. The molecule has 0 fully saturated rings. The van der Waals surface area contributed by atoms with Gasteiger partial charge in [-0.05, 0) is 28.1 Å². The molecule has 1 aromatic heterocycles. The lowest BCUT2D eigenvalue weighted by molar-refractivity contribution is -0.120. The third kappa shape index (κ3) is 2.61. The maximum absolute atomic E-state index is 10.7. The molecule has 0 aliphatic rings. The van der Waals surface area contributed by atoms with E-state index in [-0.39, 0.29) is 5.91 Å². The van der Waals surface area contributed by atoms with Crippen LogP contribution in [0.2, 0.25) is 0 Å². The second-order valence-corrected chi connectivity index (χ2v) is 4.50. The third-order valence-electron chi connectivity index (χ3n) is 1.12. The van der Waals surface area contributed by atoms with Gasteiger partial charge in [0.25, 0.3) is 0 Å². The lowest BCUT2D eigenvalue weighted by Gasteiger charge is -1.93. The molecular formula is C6H7BrN2OS. The highest BCUT2D eigenvalue weighted by Gasteiger charge is 2.02. The molecule has 0 radical (unpaired) electrons. The predicted molar refractivity (Wildman–Crippen MR) is 48.1 cm³/mol. The SMILES string of the molecule is NNC(=O)Cc1ccc(Br)s1. The number of carbonyl (C=O) groups excluding carboxylic acids is 1. The topological polar surface area (TPSA) is 55.1 Å². The summed E-state index contributed by atoms with van der Waals surface area (Å²) in [6, 6.07) is 3.80. The minimum absolute atomic E-state index is 0.167. The van der Waals surface area contributed by atoms with Crippen LogP contribution < -0.4 is 11.3 Å². The fraction of sp³-hybridized carbons (Fsp3) is 0.167. The fourth-order valence-corrected chi connectivity index (χ4v) is 2.14. The van der Waals surface area contributed by atoms with E-state index >= 15 is 0 Å². The van der Waals surface area contributed by atoms with Gasteiger partial charge in [-0.15, -0.1) is 11.3 Å². The van der Waals surface area contributed by atoms with Crippen LogP contribution in [0.25, 0.3) is 0 Å². The normalized spacial score (nSPS) is 9.64. The van der Waals surface area contributed by atoms with Crippen molar-refractivity contribution in [2.24, 2.45) is 5.84 Å². The van der Waals surface area contributed by atoms with E-state index in [4.69, 9.17) is 5.84 Å². The van der Waals surface area contributed by atoms with E-state index in [9.17, 15) is 4.79 Å². The van der Waals surface area contributed by atoms with Crippen LogP contribution in [0.15, 0.2) is 15.9 Å². The van der Waals surface area contributed by atoms with Gasteiger partial charge in [0.1, 0.15) is 0 Å². The van der Waals surface area contributed by atoms with Crippen LogP contribution in [0.4, 0.5) is 0 Å². The van der Waals surface area contributed by atoms with Crippen molar-refractivity contribution in [1.82, 2.24) is 5.43 Å². The number of rotatable bonds is 2. The molecule has 0 atom stereocenters. The first-order chi connectivity index (χ1) is 5.22. The summed E-state index contributed by atoms with van der Waals surface area (Å²) in [5.41, 5.74) is 2.08. The van der Waals surface area contributed by atoms with Gasteiger partial charge in [0.15, 0.2) is 0 Å². The number of halogens is 1. The van der Waals surface area contributed by atoms with Gasteiger partial charge in [-0.25, -0.2) is 5.84 Å². The highest BCUT2D eigenvalue weighted by atomic mass is 79.9. The molecule has 3 N–H and O–H groups in total. The summed E-state index contributed by atoms with van der Waals surface area (Å²) < 4.78 is 1.03. The van der Waals surface area contributed by atoms with Crippen molar-refractivity contribution in [3.63, 3.8) is 0 Å². The quantitative estimate of drug-likeness (QED) is 0.457. The fourth-order valence-electron chi connectivity index (χ4n) is 0.656. The molecule has 0 aliphatic carbocycles. The van der Waals surface area contributed by atoms with Crippen molar-refractivity contribution < 1.29 is 4.79 Å².